The summed E-state index contributed by atoms with van der Waals surface area (Å²) in [4.78, 5) is 39.5. The highest BCUT2D eigenvalue weighted by Crippen LogP contribution is 2.36. The third-order valence-electron chi connectivity index (χ3n) is 6.39. The summed E-state index contributed by atoms with van der Waals surface area (Å²) in [6, 6.07) is 10.9. The summed E-state index contributed by atoms with van der Waals surface area (Å²) in [5, 5.41) is 3.14. The van der Waals surface area contributed by atoms with E-state index in [1.54, 1.807) is 40.1 Å². The zero-order chi connectivity index (χ0) is 29.1. The number of methoxy groups -OCH3 is 1. The molecule has 212 valence electrons. The number of carbonyl (C=O) groups is 1. The normalized spacial score (nSPS) is 11.3. The van der Waals surface area contributed by atoms with E-state index in [9.17, 15) is 9.59 Å². The molecule has 0 atom stereocenters. The molecule has 0 spiro atoms. The number of para-hydroxylation sites is 2. The van der Waals surface area contributed by atoms with Gasteiger partial charge in [-0.3, -0.25) is 4.57 Å². The summed E-state index contributed by atoms with van der Waals surface area (Å²) in [7, 11) is 9.22. The number of imidazole rings is 1. The van der Waals surface area contributed by atoms with E-state index in [-0.39, 0.29) is 29.1 Å². The number of hydrogen-bond acceptors (Lipinski definition) is 10. The van der Waals surface area contributed by atoms with Gasteiger partial charge in [0.05, 0.1) is 41.3 Å². The predicted octanol–water partition coefficient (Wildman–Crippen LogP) is 3.02. The Labute approximate surface area is 232 Å². The largest absolute Gasteiger partial charge is 0.494 e. The molecule has 0 saturated heterocycles. The number of carbonyl (C=O) groups excluding carboxylic acids is 1. The molecule has 0 aliphatic rings. The first-order valence-corrected chi connectivity index (χ1v) is 12.9. The molecule has 12 heteroatoms. The fourth-order valence-corrected chi connectivity index (χ4v) is 4.30. The number of ether oxygens (including phenoxy) is 2. The molecule has 0 radical (unpaired) electrons. The van der Waals surface area contributed by atoms with Crippen molar-refractivity contribution in [3.05, 3.63) is 58.6 Å². The smallest absolute Gasteiger partial charge is 0.343 e. The lowest BCUT2D eigenvalue weighted by atomic mass is 10.2. The maximum absolute atomic E-state index is 13.3. The molecule has 4 aromatic rings. The summed E-state index contributed by atoms with van der Waals surface area (Å²) >= 11 is 0. The number of nitrogens with zero attached hydrogens (tertiary/aromatic N) is 6. The number of likely N-dealkylation sites (N-methyl/N-ethyl adjacent to an activating group) is 2. The second kappa shape index (κ2) is 11.7. The minimum Gasteiger partial charge on any atom is -0.494 e. The molecule has 0 aliphatic heterocycles. The van der Waals surface area contributed by atoms with Gasteiger partial charge in [-0.05, 0) is 46.1 Å². The molecule has 0 saturated carbocycles. The van der Waals surface area contributed by atoms with Gasteiger partial charge in [-0.25, -0.2) is 19.1 Å². The van der Waals surface area contributed by atoms with E-state index in [0.29, 0.717) is 28.2 Å². The van der Waals surface area contributed by atoms with E-state index >= 15 is 0 Å². The van der Waals surface area contributed by atoms with Crippen molar-refractivity contribution in [3.8, 4) is 11.6 Å². The lowest BCUT2D eigenvalue weighted by molar-refractivity contribution is 0.0377. The van der Waals surface area contributed by atoms with Crippen LogP contribution in [0, 0.1) is 0 Å². The van der Waals surface area contributed by atoms with Crippen molar-refractivity contribution in [1.82, 2.24) is 24.0 Å². The number of aryl methyl sites for hydroxylation is 1. The Balaban J connectivity index is 1.80. The van der Waals surface area contributed by atoms with Gasteiger partial charge in [0.2, 0.25) is 5.95 Å². The Morgan fingerprint density at radius 2 is 1.82 bits per heavy atom. The number of nitrogen functional groups attached to an aromatic ring is 1. The summed E-state index contributed by atoms with van der Waals surface area (Å²) in [6.07, 6.45) is 0.979. The topological polar surface area (TPSA) is 133 Å². The maximum Gasteiger partial charge on any atom is 0.343 e. The second-order valence-electron chi connectivity index (χ2n) is 10.0. The molecule has 4 rings (SSSR count). The van der Waals surface area contributed by atoms with Crippen molar-refractivity contribution in [1.29, 1.82) is 0 Å². The zero-order valence-corrected chi connectivity index (χ0v) is 23.9. The minimum absolute atomic E-state index is 0.0575. The molecule has 3 N–H and O–H groups in total. The first kappa shape index (κ1) is 28.4. The van der Waals surface area contributed by atoms with Crippen molar-refractivity contribution < 1.29 is 14.3 Å². The van der Waals surface area contributed by atoms with Crippen LogP contribution in [0.3, 0.4) is 0 Å². The average molecular weight is 549 g/mol. The number of benzene rings is 2. The number of hydrogen-bond donors (Lipinski definition) is 2. The van der Waals surface area contributed by atoms with E-state index < -0.39 is 5.97 Å². The molecule has 0 fully saturated rings. The highest BCUT2D eigenvalue weighted by Gasteiger charge is 2.24. The van der Waals surface area contributed by atoms with Crippen molar-refractivity contribution in [2.75, 3.05) is 57.3 Å². The van der Waals surface area contributed by atoms with Crippen molar-refractivity contribution >= 4 is 40.0 Å². The molecule has 2 aromatic carbocycles. The van der Waals surface area contributed by atoms with Gasteiger partial charge < -0.3 is 30.3 Å². The standard InChI is InChI=1S/C28H36N8O4/c1-17(2)40-26(37)18-16-30-27(32-25(18)36-22-11-9-8-10-21(22)35(6)28(36)38)31-20-14-19(29)23(15-24(20)39-7)34(5)13-12-33(3)4/h8-11,14-17H,12-13,29H2,1-7H3,(H,30,31,32). The van der Waals surface area contributed by atoms with Crippen molar-refractivity contribution in [2.45, 2.75) is 20.0 Å². The van der Waals surface area contributed by atoms with Crippen LogP contribution in [0.15, 0.2) is 47.4 Å². The monoisotopic (exact) mass is 548 g/mol. The Kier molecular flexibility index (Phi) is 8.29. The van der Waals surface area contributed by atoms with Gasteiger partial charge in [-0.2, -0.15) is 4.98 Å². The van der Waals surface area contributed by atoms with Gasteiger partial charge >= 0.3 is 11.7 Å². The molecular weight excluding hydrogens is 512 g/mol. The number of fused-ring (bicyclic) bond motifs is 1. The van der Waals surface area contributed by atoms with Gasteiger partial charge in [-0.1, -0.05) is 12.1 Å². The molecule has 2 heterocycles. The zero-order valence-electron chi connectivity index (χ0n) is 23.9. The summed E-state index contributed by atoms with van der Waals surface area (Å²) < 4.78 is 14.0. The Bertz CT molecular complexity index is 1590. The van der Waals surface area contributed by atoms with Gasteiger partial charge in [-0.15, -0.1) is 0 Å². The summed E-state index contributed by atoms with van der Waals surface area (Å²) in [5.74, 6) is 0.124. The third-order valence-corrected chi connectivity index (χ3v) is 6.39. The predicted molar refractivity (Wildman–Crippen MR) is 157 cm³/mol. The number of rotatable bonds is 10. The van der Waals surface area contributed by atoms with Gasteiger partial charge in [0, 0.05) is 39.4 Å². The maximum atomic E-state index is 13.3. The van der Waals surface area contributed by atoms with Crippen LogP contribution in [0.5, 0.6) is 5.75 Å². The van der Waals surface area contributed by atoms with E-state index in [4.69, 9.17) is 15.2 Å². The molecule has 0 unspecified atom stereocenters. The SMILES string of the molecule is COc1cc(N(C)CCN(C)C)c(N)cc1Nc1ncc(C(=O)OC(C)C)c(-n2c(=O)n(C)c3ccccc32)n1. The number of aromatic nitrogens is 4. The van der Waals surface area contributed by atoms with Gasteiger partial charge in [0.25, 0.3) is 0 Å². The number of nitrogens with two attached hydrogens (primary N) is 1. The molecular formula is C28H36N8O4. The Morgan fingerprint density at radius 1 is 1.12 bits per heavy atom. The van der Waals surface area contributed by atoms with E-state index in [2.05, 4.69) is 25.1 Å². The van der Waals surface area contributed by atoms with Gasteiger partial charge in [0.15, 0.2) is 5.82 Å². The van der Waals surface area contributed by atoms with E-state index in [1.807, 2.05) is 45.4 Å². The van der Waals surface area contributed by atoms with Crippen LogP contribution in [0.2, 0.25) is 0 Å². The van der Waals surface area contributed by atoms with Crippen LogP contribution in [-0.4, -0.2) is 77.4 Å². The number of nitrogens with one attached hydrogen (secondary N) is 1. The van der Waals surface area contributed by atoms with E-state index in [1.165, 1.54) is 15.3 Å². The van der Waals surface area contributed by atoms with Crippen LogP contribution in [-0.2, 0) is 11.8 Å². The van der Waals surface area contributed by atoms with Crippen LogP contribution in [0.4, 0.5) is 23.0 Å². The van der Waals surface area contributed by atoms with Crippen LogP contribution >= 0.6 is 0 Å². The molecule has 0 aliphatic carbocycles. The highest BCUT2D eigenvalue weighted by atomic mass is 16.5. The lowest BCUT2D eigenvalue weighted by Gasteiger charge is -2.24. The fourth-order valence-electron chi connectivity index (χ4n) is 4.30. The quantitative estimate of drug-likeness (QED) is 0.225. The Hall–Kier alpha value is -4.58. The molecule has 12 nitrogen and oxygen atoms in total. The highest BCUT2D eigenvalue weighted by molar-refractivity contribution is 5.94. The van der Waals surface area contributed by atoms with Crippen molar-refractivity contribution in [3.63, 3.8) is 0 Å². The van der Waals surface area contributed by atoms with Crippen LogP contribution in [0.1, 0.15) is 24.2 Å². The molecule has 40 heavy (non-hydrogen) atoms. The number of esters is 1. The second-order valence-corrected chi connectivity index (χ2v) is 10.0. The summed E-state index contributed by atoms with van der Waals surface area (Å²) in [6.45, 7) is 5.12. The Morgan fingerprint density at radius 3 is 2.48 bits per heavy atom. The summed E-state index contributed by atoms with van der Waals surface area (Å²) in [5.41, 5.74) is 9.27. The molecule has 2 aromatic heterocycles. The average Bonchev–Trinajstić information content (AvgIpc) is 3.16. The molecule has 0 amide bonds. The first-order valence-electron chi connectivity index (χ1n) is 12.9. The van der Waals surface area contributed by atoms with Crippen LogP contribution in [0.25, 0.3) is 16.9 Å². The third kappa shape index (κ3) is 5.71. The lowest BCUT2D eigenvalue weighted by Crippen LogP contribution is -2.29. The first-order chi connectivity index (χ1) is 19.0. The van der Waals surface area contributed by atoms with Crippen molar-refractivity contribution in [2.24, 2.45) is 7.05 Å². The molecule has 0 bridgehead atoms. The fraction of sp³-hybridized carbons (Fsp3) is 0.357. The minimum atomic E-state index is -0.636. The van der Waals surface area contributed by atoms with Crippen LogP contribution < -0.4 is 26.4 Å². The van der Waals surface area contributed by atoms with Gasteiger partial charge in [0.1, 0.15) is 11.3 Å². The number of anilines is 4. The van der Waals surface area contributed by atoms with E-state index in [0.717, 1.165) is 18.8 Å².